The van der Waals surface area contributed by atoms with Gasteiger partial charge in [-0.05, 0) is 42.2 Å². The number of benzene rings is 1. The molecule has 1 saturated carbocycles. The van der Waals surface area contributed by atoms with Crippen LogP contribution in [0.1, 0.15) is 75.9 Å². The first-order chi connectivity index (χ1) is 16.4. The first-order valence-corrected chi connectivity index (χ1v) is 12.3. The van der Waals surface area contributed by atoms with Gasteiger partial charge in [0.25, 0.3) is 5.91 Å². The van der Waals surface area contributed by atoms with Gasteiger partial charge in [0.2, 0.25) is 5.78 Å². The molecule has 1 aliphatic carbocycles. The number of carbonyl (C=O) groups excluding carboxylic acids is 2. The zero-order chi connectivity index (χ0) is 25.5. The quantitative estimate of drug-likeness (QED) is 0.436. The lowest BCUT2D eigenvalue weighted by molar-refractivity contribution is -0.118. The number of amides is 1. The highest BCUT2D eigenvalue weighted by Crippen LogP contribution is 2.42. The summed E-state index contributed by atoms with van der Waals surface area (Å²) in [4.78, 5) is 43.3. The van der Waals surface area contributed by atoms with Gasteiger partial charge in [0, 0.05) is 36.8 Å². The van der Waals surface area contributed by atoms with Gasteiger partial charge in [0.1, 0.15) is 0 Å². The lowest BCUT2D eigenvalue weighted by Gasteiger charge is -2.42. The second-order valence-electron chi connectivity index (χ2n) is 11.7. The molecule has 2 unspecified atom stereocenters. The van der Waals surface area contributed by atoms with Crippen molar-refractivity contribution in [2.45, 2.75) is 72.4 Å². The van der Waals surface area contributed by atoms with E-state index in [1.54, 1.807) is 40.4 Å². The van der Waals surface area contributed by atoms with E-state index < -0.39 is 11.7 Å². The Balaban J connectivity index is 1.58. The molecule has 1 N–H and O–H groups in total. The van der Waals surface area contributed by atoms with Crippen LogP contribution in [0.3, 0.4) is 0 Å². The second-order valence-corrected chi connectivity index (χ2v) is 11.7. The number of fused-ring (bicyclic) bond motifs is 1. The van der Waals surface area contributed by atoms with Gasteiger partial charge < -0.3 is 5.32 Å². The summed E-state index contributed by atoms with van der Waals surface area (Å²) in [5, 5.41) is 3.02. The number of carbonyl (C=O) groups is 2. The Kier molecular flexibility index (Phi) is 6.47. The summed E-state index contributed by atoms with van der Waals surface area (Å²) >= 11 is 0. The van der Waals surface area contributed by atoms with Crippen LogP contribution in [0.2, 0.25) is 0 Å². The highest BCUT2D eigenvalue weighted by Gasteiger charge is 2.39. The summed E-state index contributed by atoms with van der Waals surface area (Å²) in [5.74, 6) is -0.955. The summed E-state index contributed by atoms with van der Waals surface area (Å²) in [7, 11) is 1.77. The average molecular weight is 477 g/mol. The zero-order valence-corrected chi connectivity index (χ0v) is 21.6. The van der Waals surface area contributed by atoms with E-state index in [4.69, 9.17) is 4.98 Å². The SMILES string of the molecule is Cn1c(=O)n(CC(C)(C)C)c2ccc(C3CCC(C)(C)C(NC(=O)C(=O)c4ccccc4)C3)nc21. The van der Waals surface area contributed by atoms with Crippen LogP contribution in [-0.2, 0) is 18.4 Å². The summed E-state index contributed by atoms with van der Waals surface area (Å²) in [6, 6.07) is 12.5. The molecule has 0 spiro atoms. The van der Waals surface area contributed by atoms with E-state index in [9.17, 15) is 14.4 Å². The molecular weight excluding hydrogens is 440 g/mol. The Morgan fingerprint density at radius 3 is 2.46 bits per heavy atom. The number of rotatable bonds is 5. The standard InChI is InChI=1S/C28H36N4O3/c1-27(2,3)17-32-21-13-12-20(29-24(21)31(6)26(32)35)19-14-15-28(4,5)22(16-19)30-25(34)23(33)18-10-8-7-9-11-18/h7-13,19,22H,14-17H2,1-6H3,(H,30,34). The molecule has 2 aromatic heterocycles. The molecule has 4 rings (SSSR count). The summed E-state index contributed by atoms with van der Waals surface area (Å²) in [5.41, 5.74) is 2.60. The molecule has 0 aliphatic heterocycles. The minimum atomic E-state index is -0.569. The van der Waals surface area contributed by atoms with Crippen molar-refractivity contribution in [3.05, 3.63) is 64.2 Å². The molecule has 7 nitrogen and oxygen atoms in total. The molecule has 1 aromatic carbocycles. The highest BCUT2D eigenvalue weighted by molar-refractivity contribution is 6.42. The van der Waals surface area contributed by atoms with Gasteiger partial charge in [-0.1, -0.05) is 65.0 Å². The number of Topliss-reactive ketones (excluding diaryl/α,β-unsaturated/α-hetero) is 1. The van der Waals surface area contributed by atoms with Crippen LogP contribution >= 0.6 is 0 Å². The van der Waals surface area contributed by atoms with E-state index in [-0.39, 0.29) is 28.5 Å². The third-order valence-corrected chi connectivity index (χ3v) is 7.20. The minimum absolute atomic E-state index is 0.0334. The van der Waals surface area contributed by atoms with Gasteiger partial charge in [-0.2, -0.15) is 0 Å². The third-order valence-electron chi connectivity index (χ3n) is 7.20. The van der Waals surface area contributed by atoms with Crippen molar-refractivity contribution >= 4 is 22.9 Å². The van der Waals surface area contributed by atoms with Crippen LogP contribution in [0, 0.1) is 10.8 Å². The largest absolute Gasteiger partial charge is 0.346 e. The Bertz CT molecular complexity index is 1310. The van der Waals surface area contributed by atoms with Crippen molar-refractivity contribution in [3.8, 4) is 0 Å². The fraction of sp³-hybridized carbons (Fsp3) is 0.500. The number of hydrogen-bond acceptors (Lipinski definition) is 4. The number of aryl methyl sites for hydroxylation is 1. The zero-order valence-electron chi connectivity index (χ0n) is 21.6. The number of nitrogens with zero attached hydrogens (tertiary/aromatic N) is 3. The fourth-order valence-electron chi connectivity index (χ4n) is 5.05. The first-order valence-electron chi connectivity index (χ1n) is 12.3. The van der Waals surface area contributed by atoms with E-state index in [1.165, 1.54) is 0 Å². The average Bonchev–Trinajstić information content (AvgIpc) is 3.03. The molecule has 1 aliphatic rings. The molecule has 0 bridgehead atoms. The van der Waals surface area contributed by atoms with Gasteiger partial charge in [-0.25, -0.2) is 9.78 Å². The van der Waals surface area contributed by atoms with Crippen LogP contribution in [0.15, 0.2) is 47.3 Å². The van der Waals surface area contributed by atoms with Crippen LogP contribution in [0.5, 0.6) is 0 Å². The Morgan fingerprint density at radius 1 is 1.11 bits per heavy atom. The normalized spacial score (nSPS) is 20.1. The number of pyridine rings is 1. The molecule has 186 valence electrons. The molecule has 1 amide bonds. The van der Waals surface area contributed by atoms with E-state index in [0.717, 1.165) is 24.1 Å². The van der Waals surface area contributed by atoms with Gasteiger partial charge in [0.15, 0.2) is 5.65 Å². The molecule has 3 aromatic rings. The third kappa shape index (κ3) is 5.09. The van der Waals surface area contributed by atoms with Gasteiger partial charge in [-0.3, -0.25) is 18.7 Å². The van der Waals surface area contributed by atoms with Crippen molar-refractivity contribution < 1.29 is 9.59 Å². The van der Waals surface area contributed by atoms with Crippen molar-refractivity contribution in [2.75, 3.05) is 0 Å². The monoisotopic (exact) mass is 476 g/mol. The molecule has 2 atom stereocenters. The maximum Gasteiger partial charge on any atom is 0.330 e. The van der Waals surface area contributed by atoms with Crippen LogP contribution in [-0.4, -0.2) is 31.9 Å². The molecule has 0 radical (unpaired) electrons. The van der Waals surface area contributed by atoms with E-state index in [1.807, 2.05) is 18.2 Å². The van der Waals surface area contributed by atoms with Crippen LogP contribution < -0.4 is 11.0 Å². The molecular formula is C28H36N4O3. The number of ketones is 1. The lowest BCUT2D eigenvalue weighted by Crippen LogP contribution is -2.50. The predicted octanol–water partition coefficient (Wildman–Crippen LogP) is 4.44. The summed E-state index contributed by atoms with van der Waals surface area (Å²) < 4.78 is 3.42. The van der Waals surface area contributed by atoms with Crippen LogP contribution in [0.4, 0.5) is 0 Å². The minimum Gasteiger partial charge on any atom is -0.346 e. The van der Waals surface area contributed by atoms with Crippen molar-refractivity contribution in [2.24, 2.45) is 17.9 Å². The van der Waals surface area contributed by atoms with Crippen LogP contribution in [0.25, 0.3) is 11.2 Å². The molecule has 0 saturated heterocycles. The van der Waals surface area contributed by atoms with Crippen molar-refractivity contribution in [1.29, 1.82) is 0 Å². The number of hydrogen-bond donors (Lipinski definition) is 1. The Labute approximate surface area is 206 Å². The fourth-order valence-corrected chi connectivity index (χ4v) is 5.05. The smallest absolute Gasteiger partial charge is 0.330 e. The predicted molar refractivity (Wildman–Crippen MR) is 138 cm³/mol. The number of aromatic nitrogens is 3. The van der Waals surface area contributed by atoms with E-state index in [2.05, 4.69) is 39.9 Å². The summed E-state index contributed by atoms with van der Waals surface area (Å²) in [6.07, 6.45) is 2.52. The first kappa shape index (κ1) is 24.9. The second kappa shape index (κ2) is 9.10. The topological polar surface area (TPSA) is 86.0 Å². The Morgan fingerprint density at radius 2 is 1.80 bits per heavy atom. The molecule has 2 heterocycles. The molecule has 1 fully saturated rings. The van der Waals surface area contributed by atoms with Gasteiger partial charge in [-0.15, -0.1) is 0 Å². The highest BCUT2D eigenvalue weighted by atomic mass is 16.2. The summed E-state index contributed by atoms with van der Waals surface area (Å²) in [6.45, 7) is 11.2. The van der Waals surface area contributed by atoms with E-state index in [0.29, 0.717) is 24.2 Å². The number of nitrogens with one attached hydrogen (secondary N) is 1. The lowest BCUT2D eigenvalue weighted by atomic mass is 9.68. The van der Waals surface area contributed by atoms with Gasteiger partial charge >= 0.3 is 5.69 Å². The van der Waals surface area contributed by atoms with Gasteiger partial charge in [0.05, 0.1) is 5.52 Å². The maximum absolute atomic E-state index is 12.9. The number of imidazole rings is 1. The van der Waals surface area contributed by atoms with Crippen molar-refractivity contribution in [3.63, 3.8) is 0 Å². The van der Waals surface area contributed by atoms with Crippen molar-refractivity contribution in [1.82, 2.24) is 19.4 Å². The molecule has 7 heteroatoms. The molecule has 35 heavy (non-hydrogen) atoms. The van der Waals surface area contributed by atoms with E-state index >= 15 is 0 Å². The maximum atomic E-state index is 12.9. The Hall–Kier alpha value is -3.22.